The summed E-state index contributed by atoms with van der Waals surface area (Å²) in [6, 6.07) is 10.8. The van der Waals surface area contributed by atoms with E-state index in [0.717, 1.165) is 42.6 Å². The summed E-state index contributed by atoms with van der Waals surface area (Å²) in [5, 5.41) is 2.81. The third kappa shape index (κ3) is 5.39. The fraction of sp³-hybridized carbons (Fsp3) is 0.387. The van der Waals surface area contributed by atoms with Gasteiger partial charge in [-0.1, -0.05) is 0 Å². The Bertz CT molecular complexity index is 1370. The standard InChI is InChI=1S/C31H33BrN2O6/c1-4-39-26-16-18(15-21(32)31(26)40-17-27(37)33-19-11-13-20(38-3)14-12-19)28-29-22(7-5-9-24(29)35)34(2)23-8-6-10-25(36)30(23)28/h11-16,28H,4-10,17H2,1-3H3,(H,33,37). The Balaban J connectivity index is 1.47. The molecule has 40 heavy (non-hydrogen) atoms. The second-order valence-electron chi connectivity index (χ2n) is 10.1. The second-order valence-corrected chi connectivity index (χ2v) is 10.9. The molecule has 1 aliphatic heterocycles. The average molecular weight is 610 g/mol. The zero-order valence-corrected chi connectivity index (χ0v) is 24.6. The normalized spacial score (nSPS) is 17.4. The zero-order chi connectivity index (χ0) is 28.4. The van der Waals surface area contributed by atoms with Crippen LogP contribution in [0.4, 0.5) is 5.69 Å². The number of methoxy groups -OCH3 is 1. The number of halogens is 1. The highest BCUT2D eigenvalue weighted by molar-refractivity contribution is 9.10. The molecule has 1 heterocycles. The quantitative estimate of drug-likeness (QED) is 0.397. The van der Waals surface area contributed by atoms with E-state index in [1.165, 1.54) is 0 Å². The number of anilines is 1. The largest absolute Gasteiger partial charge is 0.497 e. The summed E-state index contributed by atoms with van der Waals surface area (Å²) >= 11 is 3.62. The minimum atomic E-state index is -0.454. The number of allylic oxidation sites excluding steroid dienone is 4. The molecule has 0 bridgehead atoms. The smallest absolute Gasteiger partial charge is 0.262 e. The molecule has 0 aromatic heterocycles. The van der Waals surface area contributed by atoms with Gasteiger partial charge in [0.1, 0.15) is 5.75 Å². The molecule has 5 rings (SSSR count). The highest BCUT2D eigenvalue weighted by atomic mass is 79.9. The molecule has 210 valence electrons. The molecule has 0 saturated heterocycles. The lowest BCUT2D eigenvalue weighted by molar-refractivity contribution is -0.118. The van der Waals surface area contributed by atoms with E-state index in [9.17, 15) is 14.4 Å². The Morgan fingerprint density at radius 3 is 2.17 bits per heavy atom. The number of hydrogen-bond acceptors (Lipinski definition) is 7. The van der Waals surface area contributed by atoms with Crippen LogP contribution in [0, 0.1) is 0 Å². The third-order valence-electron chi connectivity index (χ3n) is 7.63. The number of Topliss-reactive ketones (excluding diaryl/α,β-unsaturated/α-hetero) is 2. The second kappa shape index (κ2) is 11.9. The van der Waals surface area contributed by atoms with Crippen LogP contribution in [-0.4, -0.2) is 49.7 Å². The van der Waals surface area contributed by atoms with Gasteiger partial charge in [0.2, 0.25) is 0 Å². The van der Waals surface area contributed by atoms with E-state index in [-0.39, 0.29) is 24.1 Å². The number of carbonyl (C=O) groups is 3. The molecule has 8 nitrogen and oxygen atoms in total. The molecular weight excluding hydrogens is 576 g/mol. The van der Waals surface area contributed by atoms with Crippen molar-refractivity contribution in [2.45, 2.75) is 51.4 Å². The van der Waals surface area contributed by atoms with Crippen LogP contribution in [0.25, 0.3) is 0 Å². The van der Waals surface area contributed by atoms with Gasteiger partial charge in [0.05, 0.1) is 18.2 Å². The third-order valence-corrected chi connectivity index (χ3v) is 8.22. The van der Waals surface area contributed by atoms with Crippen molar-refractivity contribution >= 4 is 39.1 Å². The van der Waals surface area contributed by atoms with E-state index < -0.39 is 5.92 Å². The van der Waals surface area contributed by atoms with Crippen LogP contribution in [0.1, 0.15) is 56.9 Å². The Labute approximate surface area is 242 Å². The lowest BCUT2D eigenvalue weighted by atomic mass is 9.71. The van der Waals surface area contributed by atoms with Gasteiger partial charge in [-0.25, -0.2) is 0 Å². The van der Waals surface area contributed by atoms with E-state index in [4.69, 9.17) is 14.2 Å². The molecule has 9 heteroatoms. The van der Waals surface area contributed by atoms with Crippen LogP contribution in [0.2, 0.25) is 0 Å². The number of nitrogens with one attached hydrogen (secondary N) is 1. The van der Waals surface area contributed by atoms with Crippen LogP contribution in [0.15, 0.2) is 63.4 Å². The molecule has 0 unspecified atom stereocenters. The number of ketones is 2. The van der Waals surface area contributed by atoms with Gasteiger partial charge in [0.15, 0.2) is 29.7 Å². The van der Waals surface area contributed by atoms with Crippen molar-refractivity contribution in [3.05, 3.63) is 69.0 Å². The molecule has 2 aliphatic carbocycles. The topological polar surface area (TPSA) is 94.2 Å². The summed E-state index contributed by atoms with van der Waals surface area (Å²) in [4.78, 5) is 41.4. The minimum absolute atomic E-state index is 0.0904. The first-order valence-electron chi connectivity index (χ1n) is 13.6. The number of ether oxygens (including phenoxy) is 3. The van der Waals surface area contributed by atoms with Crippen molar-refractivity contribution in [1.82, 2.24) is 4.90 Å². The number of benzene rings is 2. The van der Waals surface area contributed by atoms with Crippen molar-refractivity contribution in [3.63, 3.8) is 0 Å². The molecule has 3 aliphatic rings. The number of rotatable bonds is 8. The maximum absolute atomic E-state index is 13.3. The van der Waals surface area contributed by atoms with Gasteiger partial charge in [-0.2, -0.15) is 0 Å². The van der Waals surface area contributed by atoms with Crippen molar-refractivity contribution in [2.75, 3.05) is 32.7 Å². The van der Waals surface area contributed by atoms with Crippen LogP contribution in [0.3, 0.4) is 0 Å². The molecule has 1 N–H and O–H groups in total. The summed E-state index contributed by atoms with van der Waals surface area (Å²) in [6.07, 6.45) is 4.19. The Morgan fingerprint density at radius 2 is 1.60 bits per heavy atom. The van der Waals surface area contributed by atoms with Gasteiger partial charge in [-0.3, -0.25) is 14.4 Å². The van der Waals surface area contributed by atoms with E-state index in [0.29, 0.717) is 58.0 Å². The maximum Gasteiger partial charge on any atom is 0.262 e. The van der Waals surface area contributed by atoms with Crippen molar-refractivity contribution in [2.24, 2.45) is 0 Å². The van der Waals surface area contributed by atoms with E-state index in [1.807, 2.05) is 26.1 Å². The van der Waals surface area contributed by atoms with Crippen LogP contribution < -0.4 is 19.5 Å². The van der Waals surface area contributed by atoms with Gasteiger partial charge in [-0.05, 0) is 90.5 Å². The number of nitrogens with zero attached hydrogens (tertiary/aromatic N) is 1. The van der Waals surface area contributed by atoms with E-state index >= 15 is 0 Å². The maximum atomic E-state index is 13.3. The lowest BCUT2D eigenvalue weighted by Gasteiger charge is -2.42. The van der Waals surface area contributed by atoms with Gasteiger partial charge in [0, 0.05) is 54.0 Å². The van der Waals surface area contributed by atoms with Crippen molar-refractivity contribution < 1.29 is 28.6 Å². The monoisotopic (exact) mass is 608 g/mol. The van der Waals surface area contributed by atoms with Crippen molar-refractivity contribution in [1.29, 1.82) is 0 Å². The summed E-state index contributed by atoms with van der Waals surface area (Å²) in [5.74, 6) is 0.921. The van der Waals surface area contributed by atoms with Crippen molar-refractivity contribution in [3.8, 4) is 17.2 Å². The fourth-order valence-corrected chi connectivity index (χ4v) is 6.43. The van der Waals surface area contributed by atoms with Gasteiger partial charge in [-0.15, -0.1) is 0 Å². The molecular formula is C31H33BrN2O6. The SMILES string of the molecule is CCOc1cc(C2C3=C(CCCC3=O)N(C)C3=C2C(=O)CCC3)cc(Br)c1OCC(=O)Nc1ccc(OC)cc1. The summed E-state index contributed by atoms with van der Waals surface area (Å²) in [5.41, 5.74) is 4.87. The lowest BCUT2D eigenvalue weighted by Crippen LogP contribution is -2.37. The molecule has 0 spiro atoms. The molecule has 0 radical (unpaired) electrons. The van der Waals surface area contributed by atoms with Crippen LogP contribution in [-0.2, 0) is 14.4 Å². The fourth-order valence-electron chi connectivity index (χ4n) is 5.85. The van der Waals surface area contributed by atoms with E-state index in [2.05, 4.69) is 26.1 Å². The number of amides is 1. The predicted octanol–water partition coefficient (Wildman–Crippen LogP) is 5.92. The summed E-state index contributed by atoms with van der Waals surface area (Å²) in [6.45, 7) is 2.00. The molecule has 1 amide bonds. The zero-order valence-electron chi connectivity index (χ0n) is 23.0. The average Bonchev–Trinajstić information content (AvgIpc) is 2.94. The molecule has 0 fully saturated rings. The van der Waals surface area contributed by atoms with Crippen LogP contribution >= 0.6 is 15.9 Å². The predicted molar refractivity (Wildman–Crippen MR) is 155 cm³/mol. The summed E-state index contributed by atoms with van der Waals surface area (Å²) < 4.78 is 17.6. The highest BCUT2D eigenvalue weighted by Crippen LogP contribution is 2.50. The number of carbonyl (C=O) groups excluding carboxylic acids is 3. The first-order chi connectivity index (χ1) is 19.3. The molecule has 2 aromatic carbocycles. The minimum Gasteiger partial charge on any atom is -0.497 e. The highest BCUT2D eigenvalue weighted by Gasteiger charge is 2.42. The molecule has 0 atom stereocenters. The molecule has 0 saturated carbocycles. The Kier molecular flexibility index (Phi) is 8.30. The first-order valence-corrected chi connectivity index (χ1v) is 14.4. The van der Waals surface area contributed by atoms with Crippen LogP contribution in [0.5, 0.6) is 17.2 Å². The molecule has 2 aromatic rings. The van der Waals surface area contributed by atoms with Gasteiger partial charge < -0.3 is 24.4 Å². The van der Waals surface area contributed by atoms with Gasteiger partial charge >= 0.3 is 0 Å². The number of hydrogen-bond donors (Lipinski definition) is 1. The van der Waals surface area contributed by atoms with E-state index in [1.54, 1.807) is 31.4 Å². The summed E-state index contributed by atoms with van der Waals surface area (Å²) in [7, 11) is 3.56. The Hall–Kier alpha value is -3.59. The van der Waals surface area contributed by atoms with Gasteiger partial charge in [0.25, 0.3) is 5.91 Å². The first kappa shape index (κ1) is 28.0. The Morgan fingerprint density at radius 1 is 0.975 bits per heavy atom.